The highest BCUT2D eigenvalue weighted by Crippen LogP contribution is 2.44. The highest BCUT2D eigenvalue weighted by molar-refractivity contribution is 7.99. The van der Waals surface area contributed by atoms with Crippen molar-refractivity contribution < 1.29 is 45.6 Å². The molecule has 0 spiro atoms. The lowest BCUT2D eigenvalue weighted by Crippen LogP contribution is -2.41. The number of alkyl halides is 6. The average Bonchev–Trinajstić information content (AvgIpc) is 3.14. The monoisotopic (exact) mass is 816 g/mol. The molecule has 6 rings (SSSR count). The van der Waals surface area contributed by atoms with Crippen molar-refractivity contribution in [2.75, 3.05) is 26.2 Å². The molecule has 2 saturated heterocycles. The highest BCUT2D eigenvalue weighted by atomic mass is 32.2. The third kappa shape index (κ3) is 10.3. The molecule has 4 aromatic rings. The fraction of sp³-hybridized carbons (Fsp3) is 0.381. The topological polar surface area (TPSA) is 59.1 Å². The summed E-state index contributed by atoms with van der Waals surface area (Å²) in [6, 6.07) is 19.5. The van der Waals surface area contributed by atoms with E-state index in [0.717, 1.165) is 54.0 Å². The summed E-state index contributed by atoms with van der Waals surface area (Å²) in [6.45, 7) is 8.65. The van der Waals surface area contributed by atoms with Crippen LogP contribution in [-0.4, -0.2) is 48.2 Å². The zero-order valence-corrected chi connectivity index (χ0v) is 33.0. The van der Waals surface area contributed by atoms with Crippen LogP contribution in [0.2, 0.25) is 0 Å². The molecule has 2 aliphatic heterocycles. The summed E-state index contributed by atoms with van der Waals surface area (Å²) in [5.74, 6) is -2.96. The SMILES string of the molecule is Cc1ccc(Sc2ccc(C(F)(F)F)cc2C2CCN(OC(=O)C(=O)ON3CCC(c4cc(C(F)(F)F)ccc4Sc4ccc(C)cc4C)CC3)CC2)c(C)c1. The molecule has 0 aromatic heterocycles. The van der Waals surface area contributed by atoms with Crippen molar-refractivity contribution in [1.29, 1.82) is 0 Å². The quantitative estimate of drug-likeness (QED) is 0.129. The van der Waals surface area contributed by atoms with E-state index in [2.05, 4.69) is 0 Å². The summed E-state index contributed by atoms with van der Waals surface area (Å²) < 4.78 is 82.5. The van der Waals surface area contributed by atoms with Crippen molar-refractivity contribution in [1.82, 2.24) is 10.1 Å². The van der Waals surface area contributed by atoms with Gasteiger partial charge in [-0.1, -0.05) is 58.9 Å². The molecule has 2 aliphatic rings. The molecule has 4 aromatic carbocycles. The molecule has 2 fully saturated rings. The van der Waals surface area contributed by atoms with Crippen molar-refractivity contribution in [2.45, 2.75) is 97.1 Å². The summed E-state index contributed by atoms with van der Waals surface area (Å²) in [5.41, 5.74) is 3.88. The number of nitrogens with zero attached hydrogens (tertiary/aromatic N) is 2. The van der Waals surface area contributed by atoms with E-state index in [-0.39, 0.29) is 38.0 Å². The second kappa shape index (κ2) is 17.3. The number of aryl methyl sites for hydroxylation is 4. The van der Waals surface area contributed by atoms with E-state index in [9.17, 15) is 35.9 Å². The number of halogens is 6. The first-order valence-corrected chi connectivity index (χ1v) is 19.9. The lowest BCUT2D eigenvalue weighted by molar-refractivity contribution is -0.222. The maximum Gasteiger partial charge on any atom is 0.438 e. The van der Waals surface area contributed by atoms with E-state index >= 15 is 0 Å². The smallest absolute Gasteiger partial charge is 0.359 e. The highest BCUT2D eigenvalue weighted by Gasteiger charge is 2.36. The van der Waals surface area contributed by atoms with Gasteiger partial charge in [0.1, 0.15) is 0 Å². The molecular formula is C42H42F6N2O4S2. The van der Waals surface area contributed by atoms with Gasteiger partial charge in [-0.15, -0.1) is 10.1 Å². The number of hydroxylamine groups is 4. The van der Waals surface area contributed by atoms with Crippen LogP contribution in [0.5, 0.6) is 0 Å². The lowest BCUT2D eigenvalue weighted by Gasteiger charge is -2.33. The average molecular weight is 817 g/mol. The van der Waals surface area contributed by atoms with Gasteiger partial charge < -0.3 is 9.68 Å². The summed E-state index contributed by atoms with van der Waals surface area (Å²) in [4.78, 5) is 39.6. The number of rotatable bonds is 8. The second-order valence-electron chi connectivity index (χ2n) is 14.4. The van der Waals surface area contributed by atoms with Crippen molar-refractivity contribution >= 4 is 35.5 Å². The van der Waals surface area contributed by atoms with E-state index in [4.69, 9.17) is 9.68 Å². The third-order valence-corrected chi connectivity index (χ3v) is 12.7. The first-order valence-electron chi connectivity index (χ1n) is 18.3. The van der Waals surface area contributed by atoms with Crippen molar-refractivity contribution in [3.63, 3.8) is 0 Å². The van der Waals surface area contributed by atoms with Crippen LogP contribution in [0.25, 0.3) is 0 Å². The Morgan fingerprint density at radius 1 is 0.536 bits per heavy atom. The number of piperidine rings is 2. The maximum atomic E-state index is 13.8. The Bertz CT molecular complexity index is 1930. The van der Waals surface area contributed by atoms with E-state index in [1.807, 2.05) is 64.1 Å². The fourth-order valence-corrected chi connectivity index (χ4v) is 9.31. The summed E-state index contributed by atoms with van der Waals surface area (Å²) in [6.07, 6.45) is -7.48. The predicted octanol–water partition coefficient (Wildman–Crippen LogP) is 11.2. The zero-order valence-electron chi connectivity index (χ0n) is 31.4. The van der Waals surface area contributed by atoms with E-state index in [0.29, 0.717) is 36.8 Å². The Kier molecular flexibility index (Phi) is 12.8. The maximum absolute atomic E-state index is 13.8. The molecule has 0 aliphatic carbocycles. The van der Waals surface area contributed by atoms with Crippen LogP contribution in [-0.2, 0) is 31.6 Å². The predicted molar refractivity (Wildman–Crippen MR) is 202 cm³/mol. The molecule has 0 unspecified atom stereocenters. The van der Waals surface area contributed by atoms with Crippen LogP contribution >= 0.6 is 23.5 Å². The Morgan fingerprint density at radius 3 is 1.20 bits per heavy atom. The Labute approximate surface area is 330 Å². The van der Waals surface area contributed by atoms with E-state index < -0.39 is 35.4 Å². The number of carbonyl (C=O) groups excluding carboxylic acids is 2. The fourth-order valence-electron chi connectivity index (χ4n) is 7.16. The zero-order chi connectivity index (χ0) is 40.4. The molecule has 0 bridgehead atoms. The van der Waals surface area contributed by atoms with Crippen LogP contribution in [0.4, 0.5) is 26.3 Å². The van der Waals surface area contributed by atoms with Crippen LogP contribution < -0.4 is 0 Å². The first kappa shape index (κ1) is 41.6. The number of hydrogen-bond acceptors (Lipinski definition) is 8. The van der Waals surface area contributed by atoms with E-state index in [1.165, 1.54) is 57.9 Å². The second-order valence-corrected chi connectivity index (χ2v) is 16.6. The van der Waals surface area contributed by atoms with Crippen molar-refractivity contribution in [3.8, 4) is 0 Å². The summed E-state index contributed by atoms with van der Waals surface area (Å²) in [5, 5.41) is 2.64. The van der Waals surface area contributed by atoms with Gasteiger partial charge in [-0.25, -0.2) is 9.59 Å². The van der Waals surface area contributed by atoms with Gasteiger partial charge in [-0.2, -0.15) is 26.3 Å². The number of carbonyl (C=O) groups is 2. The summed E-state index contributed by atoms with van der Waals surface area (Å²) in [7, 11) is 0. The molecule has 0 radical (unpaired) electrons. The minimum Gasteiger partial charge on any atom is -0.359 e. The van der Waals surface area contributed by atoms with Crippen molar-refractivity contribution in [3.05, 3.63) is 117 Å². The molecule has 6 nitrogen and oxygen atoms in total. The van der Waals surface area contributed by atoms with Crippen LogP contribution in [0, 0.1) is 27.7 Å². The largest absolute Gasteiger partial charge is 0.438 e. The molecule has 0 amide bonds. The molecule has 0 N–H and O–H groups in total. The van der Waals surface area contributed by atoms with Gasteiger partial charge in [-0.3, -0.25) is 0 Å². The molecular weight excluding hydrogens is 775 g/mol. The minimum absolute atomic E-state index is 0.193. The minimum atomic E-state index is -4.51. The van der Waals surface area contributed by atoms with Crippen LogP contribution in [0.1, 0.15) is 82.0 Å². The third-order valence-electron chi connectivity index (χ3n) is 10.2. The number of hydrogen-bond donors (Lipinski definition) is 0. The molecule has 56 heavy (non-hydrogen) atoms. The molecule has 14 heteroatoms. The molecule has 0 atom stereocenters. The van der Waals surface area contributed by atoms with Crippen LogP contribution in [0.15, 0.2) is 92.4 Å². The van der Waals surface area contributed by atoms with Crippen LogP contribution in [0.3, 0.4) is 0 Å². The van der Waals surface area contributed by atoms with Gasteiger partial charge in [0, 0.05) is 45.8 Å². The Hall–Kier alpha value is -3.98. The summed E-state index contributed by atoms with van der Waals surface area (Å²) >= 11 is 2.84. The van der Waals surface area contributed by atoms with Gasteiger partial charge in [0.2, 0.25) is 0 Å². The number of benzene rings is 4. The van der Waals surface area contributed by atoms with Gasteiger partial charge in [0.25, 0.3) is 0 Å². The van der Waals surface area contributed by atoms with Gasteiger partial charge >= 0.3 is 24.3 Å². The van der Waals surface area contributed by atoms with Crippen molar-refractivity contribution in [2.24, 2.45) is 0 Å². The Balaban J connectivity index is 1.04. The lowest BCUT2D eigenvalue weighted by atomic mass is 9.89. The molecule has 298 valence electrons. The van der Waals surface area contributed by atoms with E-state index in [1.54, 1.807) is 0 Å². The molecule has 2 heterocycles. The van der Waals surface area contributed by atoms with Gasteiger partial charge in [0.15, 0.2) is 0 Å². The normalized spacial score (nSPS) is 16.5. The standard InChI is InChI=1S/C42H42F6N2O4S2/c1-25-5-9-35(27(3)21-25)55-37-11-7-31(41(43,44)45)23-33(37)29-13-17-49(18-14-29)53-39(51)40(52)54-50-19-15-30(16-20-50)34-24-32(42(46,47)48)8-12-38(34)56-36-10-6-26(2)22-28(36)4/h5-12,21-24,29-30H,13-20H2,1-4H3. The Morgan fingerprint density at radius 2 is 0.875 bits per heavy atom. The van der Waals surface area contributed by atoms with Gasteiger partial charge in [-0.05, 0) is 136 Å². The van der Waals surface area contributed by atoms with Gasteiger partial charge in [0.05, 0.1) is 11.1 Å². The molecule has 0 saturated carbocycles. The first-order chi connectivity index (χ1) is 26.4.